The Balaban J connectivity index is 4.67. The minimum atomic E-state index is 0.180. The third-order valence-corrected chi connectivity index (χ3v) is 5.52. The van der Waals surface area contributed by atoms with Gasteiger partial charge in [-0.2, -0.15) is 0 Å². The molecule has 0 aliphatic heterocycles. The van der Waals surface area contributed by atoms with Crippen LogP contribution in [-0.4, -0.2) is 6.04 Å². The number of allylic oxidation sites excluding steroid dienone is 4. The van der Waals surface area contributed by atoms with Crippen LogP contribution in [0.15, 0.2) is 36.5 Å². The summed E-state index contributed by atoms with van der Waals surface area (Å²) in [5, 5.41) is 0. The van der Waals surface area contributed by atoms with Crippen LogP contribution in [0, 0.1) is 23.2 Å². The van der Waals surface area contributed by atoms with Gasteiger partial charge in [-0.3, -0.25) is 0 Å². The van der Waals surface area contributed by atoms with Gasteiger partial charge in [0.2, 0.25) is 0 Å². The lowest BCUT2D eigenvalue weighted by Gasteiger charge is -2.27. The molecule has 26 heavy (non-hydrogen) atoms. The maximum Gasteiger partial charge on any atom is 0.0104 e. The molecule has 0 aromatic carbocycles. The molecule has 0 bridgehead atoms. The topological polar surface area (TPSA) is 26.0 Å². The lowest BCUT2D eigenvalue weighted by atomic mass is 9.82. The quantitative estimate of drug-likeness (QED) is 0.315. The van der Waals surface area contributed by atoms with Crippen LogP contribution in [0.5, 0.6) is 0 Å². The van der Waals surface area contributed by atoms with E-state index in [1.54, 1.807) is 0 Å². The van der Waals surface area contributed by atoms with Gasteiger partial charge in [-0.1, -0.05) is 91.3 Å². The first kappa shape index (κ1) is 25.2. The highest BCUT2D eigenvalue weighted by Gasteiger charge is 2.20. The molecule has 0 aliphatic rings. The fraction of sp³-hybridized carbons (Fsp3) is 0.760. The van der Waals surface area contributed by atoms with Crippen LogP contribution in [0.25, 0.3) is 0 Å². The first-order chi connectivity index (χ1) is 12.1. The molecule has 0 rings (SSSR count). The summed E-state index contributed by atoms with van der Waals surface area (Å²) in [5.41, 5.74) is 8.09. The van der Waals surface area contributed by atoms with Crippen LogP contribution in [-0.2, 0) is 0 Å². The molecule has 0 aliphatic carbocycles. The van der Waals surface area contributed by atoms with Gasteiger partial charge in [0.1, 0.15) is 0 Å². The van der Waals surface area contributed by atoms with Crippen LogP contribution in [0.3, 0.4) is 0 Å². The Kier molecular flexibility index (Phi) is 12.9. The van der Waals surface area contributed by atoms with Crippen molar-refractivity contribution in [3.8, 4) is 0 Å². The molecule has 0 radical (unpaired) electrons. The predicted octanol–water partition coefficient (Wildman–Crippen LogP) is 7.69. The Morgan fingerprint density at radius 1 is 1.04 bits per heavy atom. The lowest BCUT2D eigenvalue weighted by Crippen LogP contribution is -2.31. The van der Waals surface area contributed by atoms with Crippen molar-refractivity contribution in [1.82, 2.24) is 0 Å². The molecule has 0 spiro atoms. The lowest BCUT2D eigenvalue weighted by molar-refractivity contribution is 0.317. The molecule has 3 atom stereocenters. The van der Waals surface area contributed by atoms with Crippen LogP contribution in [0.4, 0.5) is 0 Å². The van der Waals surface area contributed by atoms with E-state index in [9.17, 15) is 0 Å². The van der Waals surface area contributed by atoms with Crippen LogP contribution < -0.4 is 5.73 Å². The van der Waals surface area contributed by atoms with Crippen molar-refractivity contribution in [3.63, 3.8) is 0 Å². The van der Waals surface area contributed by atoms with E-state index in [1.165, 1.54) is 18.4 Å². The molecule has 0 amide bonds. The summed E-state index contributed by atoms with van der Waals surface area (Å²) < 4.78 is 0. The molecule has 2 N–H and O–H groups in total. The van der Waals surface area contributed by atoms with Gasteiger partial charge < -0.3 is 5.73 Å². The predicted molar refractivity (Wildman–Crippen MR) is 120 cm³/mol. The molecule has 1 heteroatoms. The molecule has 0 saturated heterocycles. The minimum Gasteiger partial charge on any atom is -0.327 e. The molecule has 0 aromatic rings. The SMILES string of the molecule is C=C(CC)CC=CCC(C)(C)/C=C/C(CC)C(N)CC(CC)CC(C)C. The maximum atomic E-state index is 6.61. The molecule has 3 unspecified atom stereocenters. The van der Waals surface area contributed by atoms with Crippen molar-refractivity contribution in [3.05, 3.63) is 36.5 Å². The monoisotopic (exact) mass is 361 g/mol. The summed E-state index contributed by atoms with van der Waals surface area (Å²) in [6.07, 6.45) is 17.3. The second kappa shape index (κ2) is 13.4. The van der Waals surface area contributed by atoms with E-state index in [0.29, 0.717) is 5.92 Å². The molecule has 1 nitrogen and oxygen atoms in total. The van der Waals surface area contributed by atoms with Crippen molar-refractivity contribution in [2.24, 2.45) is 28.9 Å². The smallest absolute Gasteiger partial charge is 0.0104 e. The third-order valence-electron chi connectivity index (χ3n) is 5.52. The Morgan fingerprint density at radius 3 is 2.19 bits per heavy atom. The Labute approximate surface area is 165 Å². The Hall–Kier alpha value is -0.820. The summed E-state index contributed by atoms with van der Waals surface area (Å²) in [6, 6.07) is 0.277. The highest BCUT2D eigenvalue weighted by molar-refractivity contribution is 5.06. The van der Waals surface area contributed by atoms with Crippen molar-refractivity contribution < 1.29 is 0 Å². The van der Waals surface area contributed by atoms with E-state index in [1.807, 2.05) is 0 Å². The summed E-state index contributed by atoms with van der Waals surface area (Å²) >= 11 is 0. The summed E-state index contributed by atoms with van der Waals surface area (Å²) in [7, 11) is 0. The summed E-state index contributed by atoms with van der Waals surface area (Å²) in [4.78, 5) is 0. The zero-order chi connectivity index (χ0) is 20.2. The van der Waals surface area contributed by atoms with E-state index in [2.05, 4.69) is 79.3 Å². The summed E-state index contributed by atoms with van der Waals surface area (Å²) in [5.74, 6) is 2.01. The minimum absolute atomic E-state index is 0.180. The van der Waals surface area contributed by atoms with Gasteiger partial charge in [-0.25, -0.2) is 0 Å². The normalized spacial score (nSPS) is 16.5. The van der Waals surface area contributed by atoms with Gasteiger partial charge in [-0.05, 0) is 61.7 Å². The number of nitrogens with two attached hydrogens (primary N) is 1. The molecular weight excluding hydrogens is 314 g/mol. The van der Waals surface area contributed by atoms with E-state index in [0.717, 1.165) is 43.9 Å². The maximum absolute atomic E-state index is 6.61. The van der Waals surface area contributed by atoms with E-state index in [4.69, 9.17) is 5.73 Å². The second-order valence-corrected chi connectivity index (χ2v) is 9.21. The zero-order valence-corrected chi connectivity index (χ0v) is 18.9. The fourth-order valence-electron chi connectivity index (χ4n) is 3.47. The van der Waals surface area contributed by atoms with Gasteiger partial charge in [0, 0.05) is 6.04 Å². The fourth-order valence-corrected chi connectivity index (χ4v) is 3.47. The average Bonchev–Trinajstić information content (AvgIpc) is 2.57. The van der Waals surface area contributed by atoms with Crippen molar-refractivity contribution >= 4 is 0 Å². The molecular formula is C25H47N. The van der Waals surface area contributed by atoms with Crippen LogP contribution >= 0.6 is 0 Å². The Morgan fingerprint density at radius 2 is 1.69 bits per heavy atom. The van der Waals surface area contributed by atoms with Crippen LogP contribution in [0.1, 0.15) is 93.4 Å². The largest absolute Gasteiger partial charge is 0.327 e. The van der Waals surface area contributed by atoms with Gasteiger partial charge in [0.15, 0.2) is 0 Å². The highest BCUT2D eigenvalue weighted by atomic mass is 14.6. The molecule has 152 valence electrons. The average molecular weight is 362 g/mol. The first-order valence-electron chi connectivity index (χ1n) is 10.9. The van der Waals surface area contributed by atoms with E-state index in [-0.39, 0.29) is 11.5 Å². The highest BCUT2D eigenvalue weighted by Crippen LogP contribution is 2.27. The molecule has 0 fully saturated rings. The van der Waals surface area contributed by atoms with Gasteiger partial charge in [-0.15, -0.1) is 0 Å². The van der Waals surface area contributed by atoms with E-state index < -0.39 is 0 Å². The molecule has 0 aromatic heterocycles. The third kappa shape index (κ3) is 11.7. The standard InChI is InChI=1S/C25H47N/c1-9-21(6)14-12-13-16-25(7,8)17-15-23(11-3)24(26)19-22(10-2)18-20(4)5/h12-13,15,17,20,22-24H,6,9-11,14,16,18-19,26H2,1-5,7-8H3/b13-12?,17-15+. The Bertz CT molecular complexity index is 427. The molecule has 0 heterocycles. The molecule has 0 saturated carbocycles. The van der Waals surface area contributed by atoms with Gasteiger partial charge in [0.25, 0.3) is 0 Å². The zero-order valence-electron chi connectivity index (χ0n) is 18.9. The van der Waals surface area contributed by atoms with Crippen molar-refractivity contribution in [2.45, 2.75) is 99.5 Å². The van der Waals surface area contributed by atoms with E-state index >= 15 is 0 Å². The first-order valence-corrected chi connectivity index (χ1v) is 10.9. The van der Waals surface area contributed by atoms with Crippen molar-refractivity contribution in [2.75, 3.05) is 0 Å². The number of hydrogen-bond donors (Lipinski definition) is 1. The second-order valence-electron chi connectivity index (χ2n) is 9.21. The van der Waals surface area contributed by atoms with Crippen molar-refractivity contribution in [1.29, 1.82) is 0 Å². The summed E-state index contributed by atoms with van der Waals surface area (Å²) in [6.45, 7) is 20.1. The van der Waals surface area contributed by atoms with Gasteiger partial charge >= 0.3 is 0 Å². The number of rotatable bonds is 14. The number of hydrogen-bond acceptors (Lipinski definition) is 1. The van der Waals surface area contributed by atoms with Gasteiger partial charge in [0.05, 0.1) is 0 Å². The van der Waals surface area contributed by atoms with Crippen LogP contribution in [0.2, 0.25) is 0 Å².